The summed E-state index contributed by atoms with van der Waals surface area (Å²) in [4.78, 5) is 5.16. The van der Waals surface area contributed by atoms with Gasteiger partial charge in [-0.1, -0.05) is 13.8 Å². The Morgan fingerprint density at radius 1 is 1.22 bits per heavy atom. The van der Waals surface area contributed by atoms with Crippen molar-refractivity contribution in [2.45, 2.75) is 51.6 Å². The summed E-state index contributed by atoms with van der Waals surface area (Å²) in [6.07, 6.45) is 2.61. The molecule has 1 heterocycles. The average molecular weight is 253 g/mol. The molecule has 0 atom stereocenters. The normalized spacial score (nSPS) is 37.8. The number of nitrogens with zero attached hydrogens (tertiary/aromatic N) is 2. The van der Waals surface area contributed by atoms with Crippen LogP contribution >= 0.6 is 0 Å². The zero-order chi connectivity index (χ0) is 13.6. The third-order valence-corrected chi connectivity index (χ3v) is 5.59. The van der Waals surface area contributed by atoms with Gasteiger partial charge in [0.05, 0.1) is 0 Å². The van der Waals surface area contributed by atoms with Crippen molar-refractivity contribution in [1.29, 1.82) is 0 Å². The zero-order valence-corrected chi connectivity index (χ0v) is 12.9. The molecule has 2 N–H and O–H groups in total. The highest BCUT2D eigenvalue weighted by atomic mass is 15.3. The van der Waals surface area contributed by atoms with E-state index in [1.165, 1.54) is 25.9 Å². The summed E-state index contributed by atoms with van der Waals surface area (Å²) in [6, 6.07) is 0. The maximum Gasteiger partial charge on any atom is 0.0338 e. The first-order valence-corrected chi connectivity index (χ1v) is 7.47. The maximum atomic E-state index is 6.13. The standard InChI is InChI=1S/C15H31N3/c1-12(2)13-8-15(9-13,10-16)18-7-6-17(5)14(3,4)11-18/h12-13H,6-11,16H2,1-5H3. The second-order valence-corrected chi connectivity index (χ2v) is 7.50. The lowest BCUT2D eigenvalue weighted by Gasteiger charge is -2.59. The van der Waals surface area contributed by atoms with Crippen LogP contribution in [0.5, 0.6) is 0 Å². The zero-order valence-electron chi connectivity index (χ0n) is 12.9. The van der Waals surface area contributed by atoms with Crippen molar-refractivity contribution >= 4 is 0 Å². The highest BCUT2D eigenvalue weighted by Crippen LogP contribution is 2.46. The van der Waals surface area contributed by atoms with E-state index in [2.05, 4.69) is 44.5 Å². The predicted octanol–water partition coefficient (Wildman–Crippen LogP) is 1.78. The van der Waals surface area contributed by atoms with Crippen molar-refractivity contribution in [2.24, 2.45) is 17.6 Å². The van der Waals surface area contributed by atoms with Crippen LogP contribution in [0.1, 0.15) is 40.5 Å². The van der Waals surface area contributed by atoms with E-state index in [1.807, 2.05) is 0 Å². The van der Waals surface area contributed by atoms with E-state index in [-0.39, 0.29) is 5.54 Å². The van der Waals surface area contributed by atoms with Gasteiger partial charge in [-0.3, -0.25) is 9.80 Å². The number of rotatable bonds is 3. The Bertz CT molecular complexity index is 292. The molecule has 0 amide bonds. The summed E-state index contributed by atoms with van der Waals surface area (Å²) in [7, 11) is 2.24. The van der Waals surface area contributed by atoms with Crippen molar-refractivity contribution in [3.8, 4) is 0 Å². The van der Waals surface area contributed by atoms with Gasteiger partial charge < -0.3 is 5.73 Å². The SMILES string of the molecule is CC(C)C1CC(CN)(N2CCN(C)C(C)(C)C2)C1. The highest BCUT2D eigenvalue weighted by molar-refractivity contribution is 5.07. The molecule has 18 heavy (non-hydrogen) atoms. The molecule has 1 saturated carbocycles. The molecule has 0 aromatic heterocycles. The molecule has 1 aliphatic heterocycles. The topological polar surface area (TPSA) is 32.5 Å². The van der Waals surface area contributed by atoms with Crippen LogP contribution in [-0.4, -0.2) is 54.1 Å². The highest BCUT2D eigenvalue weighted by Gasteiger charge is 2.50. The van der Waals surface area contributed by atoms with Gasteiger partial charge in [0.15, 0.2) is 0 Å². The number of hydrogen-bond acceptors (Lipinski definition) is 3. The monoisotopic (exact) mass is 253 g/mol. The molecule has 0 radical (unpaired) electrons. The molecule has 1 saturated heterocycles. The van der Waals surface area contributed by atoms with Crippen molar-refractivity contribution in [2.75, 3.05) is 33.2 Å². The van der Waals surface area contributed by atoms with E-state index in [1.54, 1.807) is 0 Å². The van der Waals surface area contributed by atoms with Crippen LogP contribution < -0.4 is 5.73 Å². The Morgan fingerprint density at radius 3 is 2.28 bits per heavy atom. The van der Waals surface area contributed by atoms with Crippen molar-refractivity contribution in [3.63, 3.8) is 0 Å². The van der Waals surface area contributed by atoms with Crippen LogP contribution in [0.25, 0.3) is 0 Å². The first kappa shape index (κ1) is 14.3. The Morgan fingerprint density at radius 2 is 1.83 bits per heavy atom. The molecule has 0 bridgehead atoms. The van der Waals surface area contributed by atoms with Crippen LogP contribution in [0.4, 0.5) is 0 Å². The molecule has 3 nitrogen and oxygen atoms in total. The number of piperazine rings is 1. The first-order chi connectivity index (χ1) is 8.31. The Labute approximate surface area is 113 Å². The smallest absolute Gasteiger partial charge is 0.0338 e. The van der Waals surface area contributed by atoms with E-state index in [4.69, 9.17) is 5.73 Å². The summed E-state index contributed by atoms with van der Waals surface area (Å²) >= 11 is 0. The Hall–Kier alpha value is -0.120. The van der Waals surface area contributed by atoms with Gasteiger partial charge in [0, 0.05) is 37.3 Å². The van der Waals surface area contributed by atoms with Gasteiger partial charge in [0.1, 0.15) is 0 Å². The fourth-order valence-electron chi connectivity index (χ4n) is 3.59. The molecule has 0 unspecified atom stereocenters. The van der Waals surface area contributed by atoms with Gasteiger partial charge in [-0.15, -0.1) is 0 Å². The van der Waals surface area contributed by atoms with Crippen molar-refractivity contribution < 1.29 is 0 Å². The Balaban J connectivity index is 2.03. The minimum absolute atomic E-state index is 0.281. The van der Waals surface area contributed by atoms with Gasteiger partial charge in [-0.05, 0) is 45.6 Å². The van der Waals surface area contributed by atoms with Gasteiger partial charge in [0.25, 0.3) is 0 Å². The molecule has 0 spiro atoms. The number of likely N-dealkylation sites (N-methyl/N-ethyl adjacent to an activating group) is 1. The van der Waals surface area contributed by atoms with Crippen molar-refractivity contribution in [3.05, 3.63) is 0 Å². The van der Waals surface area contributed by atoms with Gasteiger partial charge in [-0.25, -0.2) is 0 Å². The lowest BCUT2D eigenvalue weighted by molar-refractivity contribution is -0.0856. The molecule has 106 valence electrons. The predicted molar refractivity (Wildman–Crippen MR) is 77.6 cm³/mol. The lowest BCUT2D eigenvalue weighted by atomic mass is 9.62. The van der Waals surface area contributed by atoms with Gasteiger partial charge in [-0.2, -0.15) is 0 Å². The Kier molecular flexibility index (Phi) is 3.79. The maximum absolute atomic E-state index is 6.13. The summed E-state index contributed by atoms with van der Waals surface area (Å²) in [5.41, 5.74) is 6.72. The second kappa shape index (κ2) is 4.77. The van der Waals surface area contributed by atoms with Crippen LogP contribution in [0, 0.1) is 11.8 Å². The summed E-state index contributed by atoms with van der Waals surface area (Å²) in [5.74, 6) is 1.70. The van der Waals surface area contributed by atoms with E-state index < -0.39 is 0 Å². The van der Waals surface area contributed by atoms with Crippen molar-refractivity contribution in [1.82, 2.24) is 9.80 Å². The van der Waals surface area contributed by atoms with Crippen LogP contribution in [-0.2, 0) is 0 Å². The average Bonchev–Trinajstić information content (AvgIpc) is 2.21. The first-order valence-electron chi connectivity index (χ1n) is 7.47. The lowest BCUT2D eigenvalue weighted by Crippen LogP contribution is -2.69. The third-order valence-electron chi connectivity index (χ3n) is 5.59. The quantitative estimate of drug-likeness (QED) is 0.832. The number of hydrogen-bond donors (Lipinski definition) is 1. The molecule has 0 aromatic carbocycles. The fourth-order valence-corrected chi connectivity index (χ4v) is 3.59. The second-order valence-electron chi connectivity index (χ2n) is 7.50. The molecule has 3 heteroatoms. The molecule has 0 aromatic rings. The van der Waals surface area contributed by atoms with Crippen LogP contribution in [0.15, 0.2) is 0 Å². The van der Waals surface area contributed by atoms with E-state index in [9.17, 15) is 0 Å². The summed E-state index contributed by atoms with van der Waals surface area (Å²) in [5, 5.41) is 0. The van der Waals surface area contributed by atoms with E-state index >= 15 is 0 Å². The van der Waals surface area contributed by atoms with Crippen LogP contribution in [0.2, 0.25) is 0 Å². The van der Waals surface area contributed by atoms with Crippen LogP contribution in [0.3, 0.4) is 0 Å². The third kappa shape index (κ3) is 2.33. The van der Waals surface area contributed by atoms with Gasteiger partial charge in [0.2, 0.25) is 0 Å². The molecule has 2 aliphatic rings. The molecular formula is C15H31N3. The summed E-state index contributed by atoms with van der Waals surface area (Å²) in [6.45, 7) is 13.7. The minimum Gasteiger partial charge on any atom is -0.329 e. The fraction of sp³-hybridized carbons (Fsp3) is 1.00. The molecular weight excluding hydrogens is 222 g/mol. The van der Waals surface area contributed by atoms with E-state index in [0.717, 1.165) is 24.9 Å². The van der Waals surface area contributed by atoms with Gasteiger partial charge >= 0.3 is 0 Å². The van der Waals surface area contributed by atoms with E-state index in [0.29, 0.717) is 5.54 Å². The molecule has 2 fully saturated rings. The molecule has 1 aliphatic carbocycles. The largest absolute Gasteiger partial charge is 0.329 e. The molecule has 2 rings (SSSR count). The number of nitrogens with two attached hydrogens (primary N) is 1. The summed E-state index contributed by atoms with van der Waals surface area (Å²) < 4.78 is 0. The minimum atomic E-state index is 0.281.